The number of ether oxygens (including phenoxy) is 1. The summed E-state index contributed by atoms with van der Waals surface area (Å²) in [7, 11) is 1.72. The largest absolute Gasteiger partial charge is 0.482 e. The fraction of sp³-hybridized carbons (Fsp3) is 0.222. The number of urea groups is 1. The van der Waals surface area contributed by atoms with Crippen LogP contribution in [0.3, 0.4) is 0 Å². The maximum Gasteiger partial charge on any atom is 0.315 e. The molecule has 0 unspecified atom stereocenters. The van der Waals surface area contributed by atoms with Crippen molar-refractivity contribution in [3.05, 3.63) is 59.7 Å². The molecule has 0 atom stereocenters. The zero-order valence-electron chi connectivity index (χ0n) is 13.4. The number of carbonyl (C=O) groups excluding carboxylic acids is 2. The van der Waals surface area contributed by atoms with Gasteiger partial charge in [0.05, 0.1) is 5.69 Å². The first-order valence-corrected chi connectivity index (χ1v) is 7.71. The summed E-state index contributed by atoms with van der Waals surface area (Å²) in [5, 5.41) is 5.62. The van der Waals surface area contributed by atoms with Gasteiger partial charge in [0.2, 0.25) is 0 Å². The second-order valence-electron chi connectivity index (χ2n) is 5.57. The summed E-state index contributed by atoms with van der Waals surface area (Å²) in [5.41, 5.74) is 2.66. The smallest absolute Gasteiger partial charge is 0.315 e. The van der Waals surface area contributed by atoms with Gasteiger partial charge < -0.3 is 20.3 Å². The molecule has 0 radical (unpaired) electrons. The van der Waals surface area contributed by atoms with Crippen LogP contribution >= 0.6 is 0 Å². The molecule has 2 aromatic rings. The lowest BCUT2D eigenvalue weighted by Crippen LogP contribution is -2.36. The molecule has 1 heterocycles. The van der Waals surface area contributed by atoms with Gasteiger partial charge >= 0.3 is 6.03 Å². The minimum Gasteiger partial charge on any atom is -0.482 e. The van der Waals surface area contributed by atoms with E-state index in [1.165, 1.54) is 0 Å². The third kappa shape index (κ3) is 3.65. The van der Waals surface area contributed by atoms with E-state index < -0.39 is 0 Å². The maximum absolute atomic E-state index is 11.9. The maximum atomic E-state index is 11.9. The minimum atomic E-state index is -0.239. The number of nitrogens with one attached hydrogen (secondary N) is 2. The summed E-state index contributed by atoms with van der Waals surface area (Å²) < 4.78 is 5.38. The van der Waals surface area contributed by atoms with Crippen molar-refractivity contribution in [2.75, 3.05) is 18.6 Å². The lowest BCUT2D eigenvalue weighted by molar-refractivity contribution is -0.120. The number of benzene rings is 2. The van der Waals surface area contributed by atoms with Crippen LogP contribution in [0.15, 0.2) is 48.5 Å². The Morgan fingerprint density at radius 3 is 2.54 bits per heavy atom. The Bertz CT molecular complexity index is 746. The third-order valence-electron chi connectivity index (χ3n) is 3.86. The van der Waals surface area contributed by atoms with Gasteiger partial charge in [-0.05, 0) is 23.3 Å². The number of likely N-dealkylation sites (N-methyl/N-ethyl adjacent to an activating group) is 1. The van der Waals surface area contributed by atoms with Crippen molar-refractivity contribution in [3.63, 3.8) is 0 Å². The number of carbonyl (C=O) groups is 2. The highest BCUT2D eigenvalue weighted by Crippen LogP contribution is 2.31. The summed E-state index contributed by atoms with van der Waals surface area (Å²) >= 11 is 0. The van der Waals surface area contributed by atoms with Crippen LogP contribution in [0, 0.1) is 0 Å². The monoisotopic (exact) mass is 325 g/mol. The van der Waals surface area contributed by atoms with Crippen molar-refractivity contribution in [1.82, 2.24) is 10.6 Å². The Kier molecular flexibility index (Phi) is 4.65. The van der Waals surface area contributed by atoms with Crippen LogP contribution in [0.4, 0.5) is 10.5 Å². The lowest BCUT2D eigenvalue weighted by Gasteiger charge is -2.26. The van der Waals surface area contributed by atoms with E-state index in [2.05, 4.69) is 10.6 Å². The SMILES string of the molecule is CN1C(=O)COc2ccc(CNC(=O)NCc3ccccc3)cc21. The van der Waals surface area contributed by atoms with E-state index >= 15 is 0 Å². The highest BCUT2D eigenvalue weighted by atomic mass is 16.5. The Balaban J connectivity index is 1.55. The molecule has 1 aliphatic rings. The molecule has 0 spiro atoms. The number of hydrogen-bond acceptors (Lipinski definition) is 3. The highest BCUT2D eigenvalue weighted by molar-refractivity contribution is 5.97. The van der Waals surface area contributed by atoms with Crippen molar-refractivity contribution >= 4 is 17.6 Å². The molecule has 3 rings (SSSR count). The standard InChI is InChI=1S/C18H19N3O3/c1-21-15-9-14(7-8-16(15)24-12-17(21)22)11-20-18(23)19-10-13-5-3-2-4-6-13/h2-9H,10-12H2,1H3,(H2,19,20,23). The van der Waals surface area contributed by atoms with Crippen LogP contribution in [0.2, 0.25) is 0 Å². The highest BCUT2D eigenvalue weighted by Gasteiger charge is 2.22. The van der Waals surface area contributed by atoms with Gasteiger partial charge in [-0.2, -0.15) is 0 Å². The van der Waals surface area contributed by atoms with E-state index in [4.69, 9.17) is 4.74 Å². The first kappa shape index (κ1) is 15.9. The number of nitrogens with zero attached hydrogens (tertiary/aromatic N) is 1. The van der Waals surface area contributed by atoms with Gasteiger partial charge in [0.15, 0.2) is 6.61 Å². The van der Waals surface area contributed by atoms with Gasteiger partial charge in [-0.25, -0.2) is 4.79 Å². The van der Waals surface area contributed by atoms with Crippen LogP contribution in [-0.4, -0.2) is 25.6 Å². The molecule has 0 saturated heterocycles. The molecule has 0 aliphatic carbocycles. The molecule has 6 heteroatoms. The summed E-state index contributed by atoms with van der Waals surface area (Å²) in [5.74, 6) is 0.586. The molecule has 6 nitrogen and oxygen atoms in total. The fourth-order valence-corrected chi connectivity index (χ4v) is 2.45. The van der Waals surface area contributed by atoms with Crippen LogP contribution in [0.25, 0.3) is 0 Å². The second kappa shape index (κ2) is 7.04. The van der Waals surface area contributed by atoms with Gasteiger partial charge in [0.1, 0.15) is 5.75 Å². The predicted molar refractivity (Wildman–Crippen MR) is 90.9 cm³/mol. The lowest BCUT2D eigenvalue weighted by atomic mass is 10.1. The van der Waals surface area contributed by atoms with Gasteiger partial charge in [-0.1, -0.05) is 36.4 Å². The molecule has 3 amide bonds. The molecule has 2 N–H and O–H groups in total. The molecule has 1 aliphatic heterocycles. The summed E-state index contributed by atoms with van der Waals surface area (Å²) in [4.78, 5) is 25.1. The zero-order chi connectivity index (χ0) is 16.9. The molecule has 0 aromatic heterocycles. The van der Waals surface area contributed by atoms with Crippen LogP contribution in [-0.2, 0) is 17.9 Å². The second-order valence-corrected chi connectivity index (χ2v) is 5.57. The quantitative estimate of drug-likeness (QED) is 0.904. The van der Waals surface area contributed by atoms with Gasteiger partial charge in [0, 0.05) is 20.1 Å². The van der Waals surface area contributed by atoms with E-state index in [1.54, 1.807) is 11.9 Å². The van der Waals surface area contributed by atoms with Crippen molar-refractivity contribution in [2.45, 2.75) is 13.1 Å². The number of anilines is 1. The first-order chi connectivity index (χ1) is 11.6. The molecular weight excluding hydrogens is 306 g/mol. The van der Waals surface area contributed by atoms with Gasteiger partial charge in [-0.15, -0.1) is 0 Å². The molecule has 0 bridgehead atoms. The van der Waals surface area contributed by atoms with Gasteiger partial charge in [0.25, 0.3) is 5.91 Å². The van der Waals surface area contributed by atoms with Crippen LogP contribution in [0.5, 0.6) is 5.75 Å². The Morgan fingerprint density at radius 1 is 1.08 bits per heavy atom. The Labute approximate surface area is 140 Å². The number of fused-ring (bicyclic) bond motifs is 1. The molecule has 0 saturated carbocycles. The number of rotatable bonds is 4. The molecule has 2 aromatic carbocycles. The fourth-order valence-electron chi connectivity index (χ4n) is 2.45. The molecule has 124 valence electrons. The van der Waals surface area contributed by atoms with E-state index in [9.17, 15) is 9.59 Å². The molecule has 0 fully saturated rings. The van der Waals surface area contributed by atoms with Gasteiger partial charge in [-0.3, -0.25) is 4.79 Å². The Morgan fingerprint density at radius 2 is 1.79 bits per heavy atom. The van der Waals surface area contributed by atoms with Crippen LogP contribution in [0.1, 0.15) is 11.1 Å². The summed E-state index contributed by atoms with van der Waals surface area (Å²) in [6.45, 7) is 0.904. The van der Waals surface area contributed by atoms with Crippen molar-refractivity contribution in [2.24, 2.45) is 0 Å². The number of amides is 3. The van der Waals surface area contributed by atoms with E-state index in [1.807, 2.05) is 48.5 Å². The molecular formula is C18H19N3O3. The zero-order valence-corrected chi connectivity index (χ0v) is 13.4. The van der Waals surface area contributed by atoms with Crippen LogP contribution < -0.4 is 20.3 Å². The summed E-state index contributed by atoms with van der Waals surface area (Å²) in [6.07, 6.45) is 0. The van der Waals surface area contributed by atoms with Crippen molar-refractivity contribution < 1.29 is 14.3 Å². The average molecular weight is 325 g/mol. The summed E-state index contributed by atoms with van der Waals surface area (Å²) in [6, 6.07) is 15.0. The van der Waals surface area contributed by atoms with E-state index in [0.29, 0.717) is 18.8 Å². The van der Waals surface area contributed by atoms with Crippen molar-refractivity contribution in [1.29, 1.82) is 0 Å². The normalized spacial score (nSPS) is 13.0. The average Bonchev–Trinajstić information content (AvgIpc) is 2.62. The van der Waals surface area contributed by atoms with E-state index in [-0.39, 0.29) is 18.5 Å². The third-order valence-corrected chi connectivity index (χ3v) is 3.86. The van der Waals surface area contributed by atoms with E-state index in [0.717, 1.165) is 16.8 Å². The minimum absolute atomic E-state index is 0.0585. The Hall–Kier alpha value is -3.02. The predicted octanol–water partition coefficient (Wildman–Crippen LogP) is 2.04. The topological polar surface area (TPSA) is 70.7 Å². The first-order valence-electron chi connectivity index (χ1n) is 7.71. The number of hydrogen-bond donors (Lipinski definition) is 2. The molecule has 24 heavy (non-hydrogen) atoms. The van der Waals surface area contributed by atoms with Crippen molar-refractivity contribution in [3.8, 4) is 5.75 Å².